The molecule has 2 atom stereocenters. The van der Waals surface area contributed by atoms with Gasteiger partial charge in [0.2, 0.25) is 0 Å². The molecule has 0 aliphatic carbocycles. The average molecular weight is 312 g/mol. The van der Waals surface area contributed by atoms with Gasteiger partial charge in [-0.25, -0.2) is 9.69 Å². The second-order valence-electron chi connectivity index (χ2n) is 5.28. The fourth-order valence-corrected chi connectivity index (χ4v) is 2.70. The van der Waals surface area contributed by atoms with E-state index in [1.807, 2.05) is 30.3 Å². The molecule has 10 nitrogen and oxygen atoms in total. The Morgan fingerprint density at radius 2 is 1.91 bits per heavy atom. The number of amides is 2. The summed E-state index contributed by atoms with van der Waals surface area (Å²) < 4.78 is 1.52. The molecule has 10 heteroatoms. The first-order chi connectivity index (χ1) is 11.2. The summed E-state index contributed by atoms with van der Waals surface area (Å²) in [5.41, 5.74) is 0.844. The Morgan fingerprint density at radius 3 is 2.70 bits per heavy atom. The van der Waals surface area contributed by atoms with Crippen LogP contribution in [-0.4, -0.2) is 61.1 Å². The predicted octanol–water partition coefficient (Wildman–Crippen LogP) is -0.284. The van der Waals surface area contributed by atoms with Gasteiger partial charge in [-0.1, -0.05) is 35.6 Å². The third-order valence-corrected chi connectivity index (χ3v) is 3.92. The first kappa shape index (κ1) is 13.5. The van der Waals surface area contributed by atoms with Gasteiger partial charge in [0, 0.05) is 12.6 Å². The molecule has 0 spiro atoms. The van der Waals surface area contributed by atoms with E-state index in [1.165, 1.54) is 16.7 Å². The van der Waals surface area contributed by atoms with Gasteiger partial charge in [0.25, 0.3) is 11.8 Å². The molecule has 1 aromatic carbocycles. The lowest BCUT2D eigenvalue weighted by Crippen LogP contribution is -2.40. The van der Waals surface area contributed by atoms with Gasteiger partial charge in [0.1, 0.15) is 6.67 Å². The van der Waals surface area contributed by atoms with Crippen LogP contribution in [0.2, 0.25) is 0 Å². The van der Waals surface area contributed by atoms with Crippen molar-refractivity contribution in [2.75, 3.05) is 7.05 Å². The molecule has 2 aliphatic rings. The van der Waals surface area contributed by atoms with Gasteiger partial charge in [-0.2, -0.15) is 5.11 Å². The normalized spacial score (nSPS) is 23.0. The smallest absolute Gasteiger partial charge is 0.258 e. The maximum Gasteiger partial charge on any atom is 0.258 e. The Kier molecular flexibility index (Phi) is 2.89. The molecule has 2 aliphatic heterocycles. The number of carbonyl (C=O) groups is 2. The summed E-state index contributed by atoms with van der Waals surface area (Å²) in [6, 6.07) is 7.94. The molecule has 116 valence electrons. The van der Waals surface area contributed by atoms with Crippen molar-refractivity contribution in [3.8, 4) is 11.4 Å². The van der Waals surface area contributed by atoms with Crippen molar-refractivity contribution in [3.63, 3.8) is 0 Å². The zero-order valence-electron chi connectivity index (χ0n) is 12.1. The quantitative estimate of drug-likeness (QED) is 0.721. The largest absolute Gasteiger partial charge is 0.282 e. The van der Waals surface area contributed by atoms with Crippen LogP contribution in [0.4, 0.5) is 0 Å². The highest BCUT2D eigenvalue weighted by molar-refractivity contribution is 6.09. The number of fused-ring (bicyclic) bond motifs is 1. The summed E-state index contributed by atoms with van der Waals surface area (Å²) in [6.45, 7) is 0.134. The predicted molar refractivity (Wildman–Crippen MR) is 75.3 cm³/mol. The number of hydrogen-bond acceptors (Lipinski definition) is 8. The fourth-order valence-electron chi connectivity index (χ4n) is 2.70. The molecule has 2 amide bonds. The lowest BCUT2D eigenvalue weighted by atomic mass is 10.2. The zero-order chi connectivity index (χ0) is 16.0. The highest BCUT2D eigenvalue weighted by Crippen LogP contribution is 2.28. The summed E-state index contributed by atoms with van der Waals surface area (Å²) in [5, 5.41) is 20.9. The second kappa shape index (κ2) is 4.93. The van der Waals surface area contributed by atoms with Crippen molar-refractivity contribution in [2.45, 2.75) is 18.8 Å². The van der Waals surface area contributed by atoms with Crippen LogP contribution in [0.25, 0.3) is 11.4 Å². The first-order valence-electron chi connectivity index (χ1n) is 6.97. The van der Waals surface area contributed by atoms with Crippen molar-refractivity contribution < 1.29 is 9.59 Å². The Morgan fingerprint density at radius 1 is 1.13 bits per heavy atom. The van der Waals surface area contributed by atoms with Crippen LogP contribution >= 0.6 is 0 Å². The summed E-state index contributed by atoms with van der Waals surface area (Å²) in [6.07, 6.45) is 0. The highest BCUT2D eigenvalue weighted by Gasteiger charge is 2.53. The van der Waals surface area contributed by atoms with E-state index in [2.05, 4.69) is 25.9 Å². The molecule has 4 rings (SSSR count). The maximum absolute atomic E-state index is 12.2. The number of benzene rings is 1. The van der Waals surface area contributed by atoms with Crippen LogP contribution in [0.1, 0.15) is 0 Å². The summed E-state index contributed by atoms with van der Waals surface area (Å²) >= 11 is 0. The summed E-state index contributed by atoms with van der Waals surface area (Å²) in [7, 11) is 1.45. The Balaban J connectivity index is 1.61. The summed E-state index contributed by atoms with van der Waals surface area (Å²) in [5.74, 6) is -0.111. The Hall–Kier alpha value is -3.17. The number of nitrogens with zero attached hydrogens (tertiary/aromatic N) is 8. The van der Waals surface area contributed by atoms with Gasteiger partial charge in [-0.3, -0.25) is 14.5 Å². The van der Waals surface area contributed by atoms with E-state index < -0.39 is 12.1 Å². The van der Waals surface area contributed by atoms with E-state index in [4.69, 9.17) is 0 Å². The molecule has 2 aromatic rings. The van der Waals surface area contributed by atoms with Gasteiger partial charge >= 0.3 is 0 Å². The number of likely N-dealkylation sites (tertiary alicyclic amines) is 1. The first-order valence-corrected chi connectivity index (χ1v) is 6.97. The number of hydrogen-bond donors (Lipinski definition) is 0. The van der Waals surface area contributed by atoms with E-state index in [0.717, 1.165) is 10.5 Å². The molecule has 0 radical (unpaired) electrons. The average Bonchev–Trinajstić information content (AvgIpc) is 3.25. The minimum absolute atomic E-state index is 0.134. The Bertz CT molecular complexity index is 801. The van der Waals surface area contributed by atoms with Crippen LogP contribution in [0.3, 0.4) is 0 Å². The van der Waals surface area contributed by atoms with Gasteiger partial charge in [-0.15, -0.1) is 5.10 Å². The molecule has 0 N–H and O–H groups in total. The van der Waals surface area contributed by atoms with Gasteiger partial charge in [-0.05, 0) is 10.4 Å². The van der Waals surface area contributed by atoms with Gasteiger partial charge in [0.15, 0.2) is 17.9 Å². The molecule has 0 bridgehead atoms. The van der Waals surface area contributed by atoms with Gasteiger partial charge in [0.05, 0.1) is 0 Å². The van der Waals surface area contributed by atoms with Crippen molar-refractivity contribution >= 4 is 11.8 Å². The van der Waals surface area contributed by atoms with E-state index in [9.17, 15) is 9.59 Å². The minimum Gasteiger partial charge on any atom is -0.282 e. The van der Waals surface area contributed by atoms with Crippen molar-refractivity contribution in [3.05, 3.63) is 30.3 Å². The SMILES string of the molecule is CN1C(=O)C2N=NN(Cn3nnnc3-c3ccccc3)C2C1=O. The lowest BCUT2D eigenvalue weighted by molar-refractivity contribution is -0.138. The topological polar surface area (TPSA) is 109 Å². The minimum atomic E-state index is -0.774. The van der Waals surface area contributed by atoms with Crippen molar-refractivity contribution in [2.24, 2.45) is 10.3 Å². The summed E-state index contributed by atoms with van der Waals surface area (Å²) in [4.78, 5) is 25.2. The van der Waals surface area contributed by atoms with E-state index in [-0.39, 0.29) is 18.5 Å². The molecular weight excluding hydrogens is 300 g/mol. The maximum atomic E-state index is 12.2. The van der Waals surface area contributed by atoms with E-state index in [1.54, 1.807) is 0 Å². The molecule has 2 unspecified atom stereocenters. The number of imide groups is 1. The van der Waals surface area contributed by atoms with Crippen LogP contribution < -0.4 is 0 Å². The zero-order valence-corrected chi connectivity index (χ0v) is 12.1. The highest BCUT2D eigenvalue weighted by atomic mass is 16.2. The third kappa shape index (κ3) is 1.99. The van der Waals surface area contributed by atoms with Crippen molar-refractivity contribution in [1.29, 1.82) is 0 Å². The molecule has 1 saturated heterocycles. The van der Waals surface area contributed by atoms with Crippen LogP contribution in [0, 0.1) is 0 Å². The number of rotatable bonds is 3. The number of aromatic nitrogens is 4. The number of carbonyl (C=O) groups excluding carboxylic acids is 2. The Labute approximate surface area is 130 Å². The van der Waals surface area contributed by atoms with E-state index in [0.29, 0.717) is 5.82 Å². The van der Waals surface area contributed by atoms with Crippen LogP contribution in [-0.2, 0) is 16.3 Å². The second-order valence-corrected chi connectivity index (χ2v) is 5.28. The van der Waals surface area contributed by atoms with Crippen LogP contribution in [0.15, 0.2) is 40.7 Å². The van der Waals surface area contributed by atoms with Gasteiger partial charge < -0.3 is 0 Å². The number of likely N-dealkylation sites (N-methyl/N-ethyl adjacent to an activating group) is 1. The standard InChI is InChI=1S/C13H12N8O2/c1-19-12(22)9-10(13(19)23)20(17-14-9)7-21-11(15-16-18-21)8-5-3-2-4-6-8/h2-6,9-10H,7H2,1H3. The molecule has 23 heavy (non-hydrogen) atoms. The molecule has 3 heterocycles. The molecular formula is C13H12N8O2. The van der Waals surface area contributed by atoms with Crippen molar-refractivity contribution in [1.82, 2.24) is 30.1 Å². The third-order valence-electron chi connectivity index (χ3n) is 3.92. The molecule has 0 saturated carbocycles. The molecule has 1 aromatic heterocycles. The monoisotopic (exact) mass is 312 g/mol. The van der Waals surface area contributed by atoms with Crippen LogP contribution in [0.5, 0.6) is 0 Å². The number of tetrazole rings is 1. The molecule has 1 fully saturated rings. The fraction of sp³-hybridized carbons (Fsp3) is 0.308. The van der Waals surface area contributed by atoms with E-state index >= 15 is 0 Å². The lowest BCUT2D eigenvalue weighted by Gasteiger charge is -2.19.